The lowest BCUT2D eigenvalue weighted by Crippen LogP contribution is -2.06. The van der Waals surface area contributed by atoms with Crippen molar-refractivity contribution >= 4 is 0 Å². The summed E-state index contributed by atoms with van der Waals surface area (Å²) in [7, 11) is 3.50. The van der Waals surface area contributed by atoms with Gasteiger partial charge in [-0.15, -0.1) is 5.10 Å². The standard InChI is InChI=1S/C28H28N4O5/c1-19-23(30-28(37-19)25-10-7-13-34-25)18-35-24-12-11-20(14-26(24)33-3)17-36-27-21(15-29-2)16-32(31-27)22-8-5-4-6-9-22/h4-14,16,29H,15,17-18H2,1-3H3. The van der Waals surface area contributed by atoms with E-state index < -0.39 is 0 Å². The number of ether oxygens (including phenoxy) is 3. The zero-order valence-corrected chi connectivity index (χ0v) is 20.9. The zero-order chi connectivity index (χ0) is 25.6. The lowest BCUT2D eigenvalue weighted by atomic mass is 10.2. The van der Waals surface area contributed by atoms with E-state index in [1.807, 2.05) is 73.4 Å². The lowest BCUT2D eigenvalue weighted by molar-refractivity contribution is 0.274. The number of nitrogens with zero attached hydrogens (tertiary/aromatic N) is 3. The number of aromatic nitrogens is 3. The second-order valence-corrected chi connectivity index (χ2v) is 8.33. The van der Waals surface area contributed by atoms with Gasteiger partial charge in [0.1, 0.15) is 24.7 Å². The summed E-state index contributed by atoms with van der Waals surface area (Å²) in [6, 6.07) is 19.2. The Morgan fingerprint density at radius 1 is 0.973 bits per heavy atom. The predicted molar refractivity (Wildman–Crippen MR) is 137 cm³/mol. The van der Waals surface area contributed by atoms with Crippen LogP contribution in [0.4, 0.5) is 0 Å². The number of hydrogen-bond donors (Lipinski definition) is 1. The van der Waals surface area contributed by atoms with Crippen molar-refractivity contribution in [1.82, 2.24) is 20.1 Å². The Labute approximate surface area is 214 Å². The Bertz CT molecular complexity index is 1440. The first kappa shape index (κ1) is 24.2. The van der Waals surface area contributed by atoms with Crippen LogP contribution in [0.5, 0.6) is 17.4 Å². The number of benzene rings is 2. The molecule has 37 heavy (non-hydrogen) atoms. The number of furan rings is 1. The van der Waals surface area contributed by atoms with Gasteiger partial charge in [-0.05, 0) is 55.9 Å². The smallest absolute Gasteiger partial charge is 0.263 e. The van der Waals surface area contributed by atoms with Crippen LogP contribution in [0.2, 0.25) is 0 Å². The first-order valence-electron chi connectivity index (χ1n) is 11.9. The van der Waals surface area contributed by atoms with Crippen molar-refractivity contribution in [1.29, 1.82) is 0 Å². The highest BCUT2D eigenvalue weighted by Gasteiger charge is 2.16. The Hall–Kier alpha value is -4.50. The van der Waals surface area contributed by atoms with E-state index in [2.05, 4.69) is 15.4 Å². The minimum atomic E-state index is 0.229. The van der Waals surface area contributed by atoms with E-state index in [4.69, 9.17) is 23.0 Å². The molecule has 0 atom stereocenters. The molecule has 190 valence electrons. The second-order valence-electron chi connectivity index (χ2n) is 8.33. The van der Waals surface area contributed by atoms with Crippen molar-refractivity contribution in [3.8, 4) is 34.7 Å². The van der Waals surface area contributed by atoms with Gasteiger partial charge in [-0.25, -0.2) is 9.67 Å². The van der Waals surface area contributed by atoms with Crippen LogP contribution >= 0.6 is 0 Å². The Kier molecular flexibility index (Phi) is 7.23. The van der Waals surface area contributed by atoms with Gasteiger partial charge in [-0.3, -0.25) is 0 Å². The Balaban J connectivity index is 1.26. The average molecular weight is 501 g/mol. The maximum Gasteiger partial charge on any atom is 0.263 e. The highest BCUT2D eigenvalue weighted by atomic mass is 16.5. The van der Waals surface area contributed by atoms with E-state index >= 15 is 0 Å². The summed E-state index contributed by atoms with van der Waals surface area (Å²) in [6.07, 6.45) is 3.56. The molecule has 9 nitrogen and oxygen atoms in total. The summed E-state index contributed by atoms with van der Waals surface area (Å²) in [5.41, 5.74) is 3.55. The number of hydrogen-bond acceptors (Lipinski definition) is 8. The summed E-state index contributed by atoms with van der Waals surface area (Å²) in [4.78, 5) is 4.49. The van der Waals surface area contributed by atoms with Crippen LogP contribution in [-0.2, 0) is 19.8 Å². The van der Waals surface area contributed by atoms with Crippen LogP contribution in [0.1, 0.15) is 22.6 Å². The van der Waals surface area contributed by atoms with E-state index in [0.29, 0.717) is 53.6 Å². The van der Waals surface area contributed by atoms with Gasteiger partial charge in [0.15, 0.2) is 17.3 Å². The summed E-state index contributed by atoms with van der Waals surface area (Å²) >= 11 is 0. The molecule has 1 N–H and O–H groups in total. The van der Waals surface area contributed by atoms with E-state index in [9.17, 15) is 0 Å². The molecule has 0 spiro atoms. The SMILES string of the molecule is CNCc1cn(-c2ccccc2)nc1OCc1ccc(OCc2nc(-c3ccco3)oc2C)c(OC)c1. The van der Waals surface area contributed by atoms with Gasteiger partial charge in [0.05, 0.1) is 19.1 Å². The topological polar surface area (TPSA) is 96.7 Å². The van der Waals surface area contributed by atoms with Crippen molar-refractivity contribution in [2.24, 2.45) is 0 Å². The van der Waals surface area contributed by atoms with Crippen molar-refractivity contribution < 1.29 is 23.0 Å². The minimum Gasteiger partial charge on any atom is -0.493 e. The molecule has 0 aliphatic rings. The predicted octanol–water partition coefficient (Wildman–Crippen LogP) is 5.31. The molecule has 0 aliphatic heterocycles. The number of nitrogens with one attached hydrogen (secondary N) is 1. The fourth-order valence-electron chi connectivity index (χ4n) is 3.83. The van der Waals surface area contributed by atoms with Crippen molar-refractivity contribution in [2.75, 3.05) is 14.2 Å². The molecule has 0 radical (unpaired) electrons. The molecule has 0 amide bonds. The highest BCUT2D eigenvalue weighted by Crippen LogP contribution is 2.30. The van der Waals surface area contributed by atoms with Gasteiger partial charge in [-0.2, -0.15) is 0 Å². The third-order valence-electron chi connectivity index (χ3n) is 5.73. The van der Waals surface area contributed by atoms with Crippen LogP contribution in [0, 0.1) is 6.92 Å². The van der Waals surface area contributed by atoms with Crippen molar-refractivity contribution in [3.05, 3.63) is 95.7 Å². The van der Waals surface area contributed by atoms with Gasteiger partial charge in [0.25, 0.3) is 5.89 Å². The van der Waals surface area contributed by atoms with Crippen LogP contribution in [0.25, 0.3) is 17.3 Å². The van der Waals surface area contributed by atoms with Crippen LogP contribution in [0.3, 0.4) is 0 Å². The molecular formula is C28H28N4O5. The van der Waals surface area contributed by atoms with E-state index in [1.54, 1.807) is 25.5 Å². The quantitative estimate of drug-likeness (QED) is 0.260. The molecule has 9 heteroatoms. The molecule has 5 aromatic rings. The molecule has 0 aliphatic carbocycles. The zero-order valence-electron chi connectivity index (χ0n) is 20.9. The number of methoxy groups -OCH3 is 1. The van der Waals surface area contributed by atoms with E-state index in [0.717, 1.165) is 16.8 Å². The normalized spacial score (nSPS) is 11.0. The number of para-hydroxylation sites is 1. The Morgan fingerprint density at radius 3 is 2.59 bits per heavy atom. The summed E-state index contributed by atoms with van der Waals surface area (Å²) in [5.74, 6) is 3.43. The third-order valence-corrected chi connectivity index (χ3v) is 5.73. The largest absolute Gasteiger partial charge is 0.493 e. The lowest BCUT2D eigenvalue weighted by Gasteiger charge is -2.12. The molecule has 3 aromatic heterocycles. The molecule has 3 heterocycles. The second kappa shape index (κ2) is 11.0. The first-order chi connectivity index (χ1) is 18.1. The van der Waals surface area contributed by atoms with Gasteiger partial charge in [0, 0.05) is 18.3 Å². The fourth-order valence-corrected chi connectivity index (χ4v) is 3.83. The number of rotatable bonds is 11. The van der Waals surface area contributed by atoms with Gasteiger partial charge < -0.3 is 28.4 Å². The van der Waals surface area contributed by atoms with E-state index in [1.165, 1.54) is 0 Å². The fraction of sp³-hybridized carbons (Fsp3) is 0.214. The number of aryl methyl sites for hydroxylation is 1. The van der Waals surface area contributed by atoms with Gasteiger partial charge in [-0.1, -0.05) is 24.3 Å². The molecular weight excluding hydrogens is 472 g/mol. The van der Waals surface area contributed by atoms with Crippen LogP contribution in [0.15, 0.2) is 82.0 Å². The summed E-state index contributed by atoms with van der Waals surface area (Å²) in [6.45, 7) is 3.04. The monoisotopic (exact) mass is 500 g/mol. The molecule has 0 saturated carbocycles. The first-order valence-corrected chi connectivity index (χ1v) is 11.9. The number of oxazole rings is 1. The summed E-state index contributed by atoms with van der Waals surface area (Å²) < 4.78 is 30.6. The van der Waals surface area contributed by atoms with Gasteiger partial charge >= 0.3 is 0 Å². The Morgan fingerprint density at radius 2 is 1.84 bits per heavy atom. The van der Waals surface area contributed by atoms with Crippen LogP contribution in [-0.4, -0.2) is 28.9 Å². The third kappa shape index (κ3) is 5.52. The average Bonchev–Trinajstić information content (AvgIpc) is 3.68. The van der Waals surface area contributed by atoms with Crippen molar-refractivity contribution in [2.45, 2.75) is 26.7 Å². The maximum atomic E-state index is 6.10. The molecule has 0 saturated heterocycles. The van der Waals surface area contributed by atoms with Crippen LogP contribution < -0.4 is 19.5 Å². The minimum absolute atomic E-state index is 0.229. The maximum absolute atomic E-state index is 6.10. The highest BCUT2D eigenvalue weighted by molar-refractivity contribution is 5.45. The van der Waals surface area contributed by atoms with E-state index in [-0.39, 0.29) is 6.61 Å². The molecule has 5 rings (SSSR count). The molecule has 2 aromatic carbocycles. The summed E-state index contributed by atoms with van der Waals surface area (Å²) in [5, 5.41) is 7.81. The van der Waals surface area contributed by atoms with Crippen molar-refractivity contribution in [3.63, 3.8) is 0 Å². The molecule has 0 bridgehead atoms. The van der Waals surface area contributed by atoms with Gasteiger partial charge in [0.2, 0.25) is 5.88 Å². The molecule has 0 fully saturated rings. The molecule has 0 unspecified atom stereocenters.